The minimum atomic E-state index is -0.144. The number of carbonyl (C=O) groups is 1. The van der Waals surface area contributed by atoms with E-state index in [-0.39, 0.29) is 36.3 Å². The number of carbonyl (C=O) groups excluding carboxylic acids is 1. The van der Waals surface area contributed by atoms with Gasteiger partial charge in [-0.05, 0) is 76.3 Å². The molecule has 1 spiro atoms. The molecule has 4 aliphatic rings. The van der Waals surface area contributed by atoms with Gasteiger partial charge < -0.3 is 19.9 Å². The van der Waals surface area contributed by atoms with E-state index in [9.17, 15) is 4.79 Å². The number of piperidine rings is 3. The summed E-state index contributed by atoms with van der Waals surface area (Å²) in [5.41, 5.74) is 1.17. The molecule has 5 heterocycles. The van der Waals surface area contributed by atoms with Crippen LogP contribution in [-0.4, -0.2) is 67.6 Å². The monoisotopic (exact) mass is 475 g/mol. The smallest absolute Gasteiger partial charge is 0.263 e. The molecule has 0 atom stereocenters. The topological polar surface area (TPSA) is 44.8 Å². The van der Waals surface area contributed by atoms with Crippen molar-refractivity contribution in [3.63, 3.8) is 0 Å². The highest BCUT2D eigenvalue weighted by atomic mass is 35.5. The van der Waals surface area contributed by atoms with Crippen LogP contribution in [-0.2, 0) is 16.8 Å². The lowest BCUT2D eigenvalue weighted by atomic mass is 9.83. The first-order valence-electron chi connectivity index (χ1n) is 11.3. The molecule has 3 fully saturated rings. The zero-order chi connectivity index (χ0) is 19.0. The third kappa shape index (κ3) is 4.69. The second-order valence-electron chi connectivity index (χ2n) is 8.91. The first kappa shape index (κ1) is 24.3. The zero-order valence-electron chi connectivity index (χ0n) is 17.7. The summed E-state index contributed by atoms with van der Waals surface area (Å²) in [7, 11) is 0. The summed E-state index contributed by atoms with van der Waals surface area (Å²) < 4.78 is 6.29. The second-order valence-corrected chi connectivity index (χ2v) is 10.0. The van der Waals surface area contributed by atoms with Crippen LogP contribution in [0.1, 0.15) is 65.1 Å². The molecule has 5 rings (SSSR count). The van der Waals surface area contributed by atoms with Crippen molar-refractivity contribution < 1.29 is 9.53 Å². The molecule has 0 saturated carbocycles. The van der Waals surface area contributed by atoms with E-state index in [1.165, 1.54) is 42.8 Å². The van der Waals surface area contributed by atoms with Crippen LogP contribution in [0.25, 0.3) is 0 Å². The number of hydrogen-bond acceptors (Lipinski definition) is 5. The summed E-state index contributed by atoms with van der Waals surface area (Å²) in [6, 6.07) is 2.87. The van der Waals surface area contributed by atoms with Gasteiger partial charge in [-0.1, -0.05) is 6.42 Å². The quantitative estimate of drug-likeness (QED) is 0.705. The number of nitrogens with zero attached hydrogens (tertiary/aromatic N) is 2. The molecule has 0 radical (unpaired) electrons. The van der Waals surface area contributed by atoms with Gasteiger partial charge >= 0.3 is 0 Å². The summed E-state index contributed by atoms with van der Waals surface area (Å²) in [6.45, 7) is 7.14. The van der Waals surface area contributed by atoms with E-state index in [0.29, 0.717) is 6.04 Å². The number of hydrogen-bond donors (Lipinski definition) is 1. The first-order valence-corrected chi connectivity index (χ1v) is 12.1. The summed E-state index contributed by atoms with van der Waals surface area (Å²) >= 11 is 1.73. The number of rotatable bonds is 2. The van der Waals surface area contributed by atoms with Crippen molar-refractivity contribution in [2.45, 2.75) is 63.0 Å². The van der Waals surface area contributed by atoms with E-state index >= 15 is 0 Å². The molecule has 5 nitrogen and oxygen atoms in total. The van der Waals surface area contributed by atoms with Crippen LogP contribution in [0.3, 0.4) is 0 Å². The second kappa shape index (κ2) is 10.5. The highest BCUT2D eigenvalue weighted by molar-refractivity contribution is 7.14. The van der Waals surface area contributed by atoms with Gasteiger partial charge in [0.05, 0.1) is 17.1 Å². The van der Waals surface area contributed by atoms with E-state index in [0.717, 1.165) is 69.8 Å². The zero-order valence-corrected chi connectivity index (χ0v) is 20.1. The third-order valence-electron chi connectivity index (χ3n) is 7.29. The van der Waals surface area contributed by atoms with E-state index in [1.807, 2.05) is 0 Å². The Kier molecular flexibility index (Phi) is 8.49. The maximum atomic E-state index is 13.2. The van der Waals surface area contributed by atoms with Crippen LogP contribution in [0.15, 0.2) is 6.07 Å². The maximum absolute atomic E-state index is 13.2. The summed E-state index contributed by atoms with van der Waals surface area (Å²) in [5.74, 6) is 0.251. The van der Waals surface area contributed by atoms with E-state index < -0.39 is 0 Å². The van der Waals surface area contributed by atoms with Crippen LogP contribution in [0.5, 0.6) is 0 Å². The third-order valence-corrected chi connectivity index (χ3v) is 8.47. The summed E-state index contributed by atoms with van der Waals surface area (Å²) in [5, 5.41) is 3.44. The molecule has 0 aliphatic carbocycles. The minimum Gasteiger partial charge on any atom is -0.370 e. The predicted molar refractivity (Wildman–Crippen MR) is 127 cm³/mol. The van der Waals surface area contributed by atoms with Gasteiger partial charge in [0.25, 0.3) is 5.91 Å². The van der Waals surface area contributed by atoms with Crippen molar-refractivity contribution >= 4 is 42.1 Å². The van der Waals surface area contributed by atoms with Crippen LogP contribution in [0.4, 0.5) is 0 Å². The number of fused-ring (bicyclic) bond motifs is 2. The Morgan fingerprint density at radius 3 is 2.47 bits per heavy atom. The van der Waals surface area contributed by atoms with Gasteiger partial charge in [-0.3, -0.25) is 4.79 Å². The van der Waals surface area contributed by atoms with Gasteiger partial charge in [0.15, 0.2) is 0 Å². The van der Waals surface area contributed by atoms with Crippen molar-refractivity contribution in [1.29, 1.82) is 0 Å². The van der Waals surface area contributed by atoms with Crippen LogP contribution in [0.2, 0.25) is 0 Å². The molecule has 1 amide bonds. The molecule has 170 valence electrons. The Morgan fingerprint density at radius 1 is 1.07 bits per heavy atom. The molecular formula is C22H35Cl2N3O2S. The normalized spacial score (nSPS) is 24.6. The first-order chi connectivity index (χ1) is 13.8. The Hall–Kier alpha value is -0.370. The molecule has 3 saturated heterocycles. The number of likely N-dealkylation sites (tertiary alicyclic amines) is 2. The van der Waals surface area contributed by atoms with Crippen molar-refractivity contribution in [3.8, 4) is 0 Å². The maximum Gasteiger partial charge on any atom is 0.263 e. The van der Waals surface area contributed by atoms with Gasteiger partial charge in [0.1, 0.15) is 0 Å². The fraction of sp³-hybridized carbons (Fsp3) is 0.773. The highest BCUT2D eigenvalue weighted by Crippen LogP contribution is 2.43. The van der Waals surface area contributed by atoms with Gasteiger partial charge in [-0.2, -0.15) is 0 Å². The highest BCUT2D eigenvalue weighted by Gasteiger charge is 2.41. The number of nitrogens with one attached hydrogen (secondary N) is 1. The summed E-state index contributed by atoms with van der Waals surface area (Å²) in [4.78, 5) is 20.3. The van der Waals surface area contributed by atoms with E-state index in [4.69, 9.17) is 4.74 Å². The minimum absolute atomic E-state index is 0. The van der Waals surface area contributed by atoms with Gasteiger partial charge in [0, 0.05) is 30.4 Å². The molecular weight excluding hydrogens is 441 g/mol. The molecule has 0 bridgehead atoms. The summed E-state index contributed by atoms with van der Waals surface area (Å²) in [6.07, 6.45) is 9.35. The van der Waals surface area contributed by atoms with Gasteiger partial charge in [-0.25, -0.2) is 0 Å². The number of halogens is 2. The SMILES string of the molecule is Cl.Cl.O=C(c1cc2c(s1)CCOC21CCNCC1)N1CCC(N2CCCCC2)CC1. The lowest BCUT2D eigenvalue weighted by Crippen LogP contribution is -2.48. The Bertz CT molecular complexity index is 709. The largest absolute Gasteiger partial charge is 0.370 e. The average Bonchev–Trinajstić information content (AvgIpc) is 3.21. The number of ether oxygens (including phenoxy) is 1. The van der Waals surface area contributed by atoms with Crippen molar-refractivity contribution in [2.75, 3.05) is 45.9 Å². The van der Waals surface area contributed by atoms with Crippen molar-refractivity contribution in [1.82, 2.24) is 15.1 Å². The van der Waals surface area contributed by atoms with Crippen LogP contribution >= 0.6 is 36.2 Å². The Labute approximate surface area is 196 Å². The Morgan fingerprint density at radius 2 is 1.77 bits per heavy atom. The predicted octanol–water partition coefficient (Wildman–Crippen LogP) is 3.83. The lowest BCUT2D eigenvalue weighted by Gasteiger charge is -2.40. The van der Waals surface area contributed by atoms with E-state index in [2.05, 4.69) is 21.2 Å². The van der Waals surface area contributed by atoms with Crippen molar-refractivity contribution in [3.05, 3.63) is 21.4 Å². The van der Waals surface area contributed by atoms with E-state index in [1.54, 1.807) is 11.3 Å². The standard InChI is InChI=1S/C22H33N3O2S.2ClH/c26-21(25-13-4-17(5-14-25)24-11-2-1-3-12-24)20-16-18-19(28-20)6-15-27-22(18)7-9-23-10-8-22;;/h16-17,23H,1-15H2;2*1H. The van der Waals surface area contributed by atoms with Crippen LogP contribution in [0, 0.1) is 0 Å². The average molecular weight is 477 g/mol. The molecule has 0 unspecified atom stereocenters. The molecule has 1 aromatic heterocycles. The molecule has 0 aromatic carbocycles. The fourth-order valence-electron chi connectivity index (χ4n) is 5.64. The lowest BCUT2D eigenvalue weighted by molar-refractivity contribution is -0.0792. The molecule has 1 aromatic rings. The van der Waals surface area contributed by atoms with Crippen LogP contribution < -0.4 is 5.32 Å². The van der Waals surface area contributed by atoms with Gasteiger partial charge in [0.2, 0.25) is 0 Å². The number of thiophene rings is 1. The molecule has 8 heteroatoms. The van der Waals surface area contributed by atoms with Gasteiger partial charge in [-0.15, -0.1) is 36.2 Å². The molecule has 1 N–H and O–H groups in total. The van der Waals surface area contributed by atoms with Crippen molar-refractivity contribution in [2.24, 2.45) is 0 Å². The molecule has 30 heavy (non-hydrogen) atoms. The number of amides is 1. The molecule has 4 aliphatic heterocycles. The fourth-order valence-corrected chi connectivity index (χ4v) is 6.84. The Balaban J connectivity index is 0.00000128.